The Morgan fingerprint density at radius 2 is 1.83 bits per heavy atom. The van der Waals surface area contributed by atoms with Gasteiger partial charge < -0.3 is 15.5 Å². The predicted octanol–water partition coefficient (Wildman–Crippen LogP) is 3.15. The lowest BCUT2D eigenvalue weighted by atomic mass is 10.1. The summed E-state index contributed by atoms with van der Waals surface area (Å²) in [5.41, 5.74) is 2.35. The number of rotatable bonds is 4. The summed E-state index contributed by atoms with van der Waals surface area (Å²) in [5.74, 6) is 0.254. The van der Waals surface area contributed by atoms with Crippen LogP contribution in [0, 0.1) is 0 Å². The Balaban J connectivity index is 2.13. The quantitative estimate of drug-likeness (QED) is 0.794. The first-order valence-electron chi connectivity index (χ1n) is 5.60. The first kappa shape index (κ1) is 12.7. The number of aromatic hydroxyl groups is 1. The van der Waals surface area contributed by atoms with Gasteiger partial charge in [-0.15, -0.1) is 0 Å². The summed E-state index contributed by atoms with van der Waals surface area (Å²) in [6.07, 6.45) is 0. The zero-order chi connectivity index (χ0) is 13.0. The Bertz CT molecular complexity index is 543. The SMILES string of the molecule is OCc1cc(Cl)ccc1NCc1ccccc1O. The molecule has 0 fully saturated rings. The van der Waals surface area contributed by atoms with E-state index in [0.717, 1.165) is 16.8 Å². The number of para-hydroxylation sites is 1. The van der Waals surface area contributed by atoms with Crippen LogP contribution in [0.1, 0.15) is 11.1 Å². The van der Waals surface area contributed by atoms with Gasteiger partial charge in [0.05, 0.1) is 6.61 Å². The maximum atomic E-state index is 9.65. The molecule has 0 saturated heterocycles. The van der Waals surface area contributed by atoms with Gasteiger partial charge in [-0.1, -0.05) is 29.8 Å². The van der Waals surface area contributed by atoms with E-state index in [9.17, 15) is 10.2 Å². The molecule has 2 aromatic carbocycles. The number of halogens is 1. The Labute approximate surface area is 111 Å². The number of phenols is 1. The summed E-state index contributed by atoms with van der Waals surface area (Å²) in [5, 5.41) is 22.7. The lowest BCUT2D eigenvalue weighted by Gasteiger charge is -2.11. The third kappa shape index (κ3) is 2.94. The largest absolute Gasteiger partial charge is 0.508 e. The predicted molar refractivity (Wildman–Crippen MR) is 72.8 cm³/mol. The third-order valence-electron chi connectivity index (χ3n) is 2.70. The molecule has 0 bridgehead atoms. The molecule has 0 heterocycles. The van der Waals surface area contributed by atoms with Crippen molar-refractivity contribution in [3.63, 3.8) is 0 Å². The normalized spacial score (nSPS) is 10.3. The van der Waals surface area contributed by atoms with Gasteiger partial charge in [-0.3, -0.25) is 0 Å². The van der Waals surface area contributed by atoms with Gasteiger partial charge in [0, 0.05) is 28.4 Å². The Hall–Kier alpha value is -1.71. The van der Waals surface area contributed by atoms with Crippen LogP contribution in [0.15, 0.2) is 42.5 Å². The monoisotopic (exact) mass is 263 g/mol. The fourth-order valence-electron chi connectivity index (χ4n) is 1.72. The number of hydrogen-bond acceptors (Lipinski definition) is 3. The highest BCUT2D eigenvalue weighted by molar-refractivity contribution is 6.30. The number of aliphatic hydroxyl groups excluding tert-OH is 1. The minimum Gasteiger partial charge on any atom is -0.508 e. The van der Waals surface area contributed by atoms with Crippen LogP contribution in [0.3, 0.4) is 0 Å². The molecule has 4 heteroatoms. The van der Waals surface area contributed by atoms with Crippen molar-refractivity contribution in [1.82, 2.24) is 0 Å². The zero-order valence-corrected chi connectivity index (χ0v) is 10.5. The Morgan fingerprint density at radius 3 is 2.56 bits per heavy atom. The van der Waals surface area contributed by atoms with Crippen LogP contribution < -0.4 is 5.32 Å². The van der Waals surface area contributed by atoms with Gasteiger partial charge in [0.2, 0.25) is 0 Å². The van der Waals surface area contributed by atoms with Crippen molar-refractivity contribution in [3.8, 4) is 5.75 Å². The van der Waals surface area contributed by atoms with Crippen molar-refractivity contribution in [2.24, 2.45) is 0 Å². The molecule has 0 aliphatic heterocycles. The molecule has 0 saturated carbocycles. The lowest BCUT2D eigenvalue weighted by molar-refractivity contribution is 0.282. The molecule has 0 atom stereocenters. The first-order chi connectivity index (χ1) is 8.70. The second-order valence-electron chi connectivity index (χ2n) is 3.94. The summed E-state index contributed by atoms with van der Waals surface area (Å²) < 4.78 is 0. The van der Waals surface area contributed by atoms with Gasteiger partial charge >= 0.3 is 0 Å². The molecule has 0 aromatic heterocycles. The van der Waals surface area contributed by atoms with Crippen LogP contribution in [0.2, 0.25) is 5.02 Å². The van der Waals surface area contributed by atoms with E-state index >= 15 is 0 Å². The molecule has 94 valence electrons. The van der Waals surface area contributed by atoms with E-state index < -0.39 is 0 Å². The zero-order valence-electron chi connectivity index (χ0n) is 9.73. The van der Waals surface area contributed by atoms with Crippen molar-refractivity contribution in [2.75, 3.05) is 5.32 Å². The number of hydrogen-bond donors (Lipinski definition) is 3. The van der Waals surface area contributed by atoms with Gasteiger partial charge in [0.1, 0.15) is 5.75 Å². The highest BCUT2D eigenvalue weighted by Gasteiger charge is 2.04. The van der Waals surface area contributed by atoms with Crippen molar-refractivity contribution in [2.45, 2.75) is 13.2 Å². The van der Waals surface area contributed by atoms with Gasteiger partial charge in [-0.2, -0.15) is 0 Å². The Morgan fingerprint density at radius 1 is 1.06 bits per heavy atom. The van der Waals surface area contributed by atoms with Crippen LogP contribution in [0.4, 0.5) is 5.69 Å². The molecule has 3 nitrogen and oxygen atoms in total. The fourth-order valence-corrected chi connectivity index (χ4v) is 1.91. The van der Waals surface area contributed by atoms with E-state index in [1.807, 2.05) is 18.2 Å². The topological polar surface area (TPSA) is 52.5 Å². The molecular weight excluding hydrogens is 250 g/mol. The van der Waals surface area contributed by atoms with Crippen LogP contribution in [-0.2, 0) is 13.2 Å². The molecule has 2 rings (SSSR count). The smallest absolute Gasteiger partial charge is 0.120 e. The van der Waals surface area contributed by atoms with Crippen molar-refractivity contribution in [1.29, 1.82) is 0 Å². The van der Waals surface area contributed by atoms with E-state index in [-0.39, 0.29) is 12.4 Å². The molecule has 0 unspecified atom stereocenters. The van der Waals surface area contributed by atoms with E-state index in [2.05, 4.69) is 5.32 Å². The van der Waals surface area contributed by atoms with Crippen molar-refractivity contribution < 1.29 is 10.2 Å². The van der Waals surface area contributed by atoms with Crippen molar-refractivity contribution in [3.05, 3.63) is 58.6 Å². The molecule has 2 aromatic rings. The molecule has 3 N–H and O–H groups in total. The van der Waals surface area contributed by atoms with Crippen LogP contribution in [-0.4, -0.2) is 10.2 Å². The second-order valence-corrected chi connectivity index (χ2v) is 4.38. The van der Waals surface area contributed by atoms with Gasteiger partial charge in [0.15, 0.2) is 0 Å². The molecule has 0 aliphatic rings. The van der Waals surface area contributed by atoms with Gasteiger partial charge in [-0.05, 0) is 24.3 Å². The van der Waals surface area contributed by atoms with E-state index in [1.54, 1.807) is 24.3 Å². The summed E-state index contributed by atoms with van der Waals surface area (Å²) in [7, 11) is 0. The summed E-state index contributed by atoms with van der Waals surface area (Å²) in [6.45, 7) is 0.408. The molecular formula is C14H14ClNO2. The van der Waals surface area contributed by atoms with E-state index in [1.165, 1.54) is 0 Å². The van der Waals surface area contributed by atoms with Gasteiger partial charge in [0.25, 0.3) is 0 Å². The van der Waals surface area contributed by atoms with Crippen LogP contribution in [0.5, 0.6) is 5.75 Å². The van der Waals surface area contributed by atoms with E-state index in [4.69, 9.17) is 11.6 Å². The van der Waals surface area contributed by atoms with Crippen LogP contribution in [0.25, 0.3) is 0 Å². The average Bonchev–Trinajstić information content (AvgIpc) is 2.39. The number of nitrogens with one attached hydrogen (secondary N) is 1. The Kier molecular flexibility index (Phi) is 4.07. The molecule has 18 heavy (non-hydrogen) atoms. The molecule has 0 aliphatic carbocycles. The van der Waals surface area contributed by atoms with Crippen molar-refractivity contribution >= 4 is 17.3 Å². The summed E-state index contributed by atoms with van der Waals surface area (Å²) >= 11 is 5.86. The standard InChI is InChI=1S/C14H14ClNO2/c15-12-5-6-13(11(7-12)9-17)16-8-10-3-1-2-4-14(10)18/h1-7,16-18H,8-9H2. The number of anilines is 1. The summed E-state index contributed by atoms with van der Waals surface area (Å²) in [4.78, 5) is 0. The maximum absolute atomic E-state index is 9.65. The summed E-state index contributed by atoms with van der Waals surface area (Å²) in [6, 6.07) is 12.4. The molecule has 0 spiro atoms. The average molecular weight is 264 g/mol. The fraction of sp³-hybridized carbons (Fsp3) is 0.143. The number of benzene rings is 2. The highest BCUT2D eigenvalue weighted by Crippen LogP contribution is 2.23. The van der Waals surface area contributed by atoms with Gasteiger partial charge in [-0.25, -0.2) is 0 Å². The first-order valence-corrected chi connectivity index (χ1v) is 5.98. The minimum absolute atomic E-state index is 0.0797. The molecule has 0 amide bonds. The number of aliphatic hydroxyl groups is 1. The highest BCUT2D eigenvalue weighted by atomic mass is 35.5. The lowest BCUT2D eigenvalue weighted by Crippen LogP contribution is -2.02. The second kappa shape index (κ2) is 5.76. The third-order valence-corrected chi connectivity index (χ3v) is 2.93. The number of phenolic OH excluding ortho intramolecular Hbond substituents is 1. The van der Waals surface area contributed by atoms with Crippen LogP contribution >= 0.6 is 11.6 Å². The maximum Gasteiger partial charge on any atom is 0.120 e. The molecule has 0 radical (unpaired) electrons. The minimum atomic E-state index is -0.0797. The van der Waals surface area contributed by atoms with E-state index in [0.29, 0.717) is 11.6 Å².